The highest BCUT2D eigenvalue weighted by molar-refractivity contribution is 7.89. The van der Waals surface area contributed by atoms with Gasteiger partial charge in [-0.25, -0.2) is 17.5 Å². The molecule has 2 aromatic rings. The Labute approximate surface area is 234 Å². The van der Waals surface area contributed by atoms with Gasteiger partial charge in [0.25, 0.3) is 0 Å². The lowest BCUT2D eigenvalue weighted by Crippen LogP contribution is -2.46. The van der Waals surface area contributed by atoms with Gasteiger partial charge >= 0.3 is 5.97 Å². The smallest absolute Gasteiger partial charge is 0.341 e. The van der Waals surface area contributed by atoms with Crippen LogP contribution in [0.15, 0.2) is 48.6 Å². The van der Waals surface area contributed by atoms with E-state index in [1.165, 1.54) is 24.2 Å². The maximum Gasteiger partial charge on any atom is 0.341 e. The number of benzene rings is 2. The summed E-state index contributed by atoms with van der Waals surface area (Å²) in [5.41, 5.74) is 0.214. The molecule has 0 saturated carbocycles. The Hall–Kier alpha value is -2.59. The van der Waals surface area contributed by atoms with Crippen LogP contribution in [0.4, 0.5) is 5.69 Å². The summed E-state index contributed by atoms with van der Waals surface area (Å²) in [5.74, 6) is -2.00. The fourth-order valence-electron chi connectivity index (χ4n) is 6.07. The standard InChI is InChI=1S/C29H35ClN2O6S/c1-31-14-5-3-2-4-6-15-32-18-28(13-7-8-21-16-23(30)10-11-24(21)28)19-38-26-12-9-22(17-25(26)32)29(35,27(33)34)20-39(31,36)37/h3,5,9-12,16-17,35H,2,4,6-8,13-15,18-20H2,1H3,(H,33,34)/b5-3-/t28-,29+/m0/s1. The number of aliphatic carboxylic acids is 1. The second kappa shape index (κ2) is 10.8. The van der Waals surface area contributed by atoms with Crippen molar-refractivity contribution in [2.24, 2.45) is 0 Å². The molecule has 210 valence electrons. The van der Waals surface area contributed by atoms with E-state index in [0.717, 1.165) is 42.8 Å². The molecule has 1 aliphatic carbocycles. The lowest BCUT2D eigenvalue weighted by molar-refractivity contribution is -0.157. The lowest BCUT2D eigenvalue weighted by Gasteiger charge is -2.41. The molecule has 2 N–H and O–H groups in total. The predicted octanol–water partition coefficient (Wildman–Crippen LogP) is 4.09. The first-order valence-corrected chi connectivity index (χ1v) is 15.4. The molecule has 0 aromatic heterocycles. The van der Waals surface area contributed by atoms with Crippen LogP contribution in [0.1, 0.15) is 48.8 Å². The first-order valence-electron chi connectivity index (χ1n) is 13.4. The minimum absolute atomic E-state index is 0.0107. The number of carbonyl (C=O) groups is 1. The van der Waals surface area contributed by atoms with E-state index in [2.05, 4.69) is 11.0 Å². The number of halogens is 1. The largest absolute Gasteiger partial charge is 0.490 e. The Morgan fingerprint density at radius 3 is 2.72 bits per heavy atom. The van der Waals surface area contributed by atoms with Gasteiger partial charge in [0, 0.05) is 37.1 Å². The second-order valence-corrected chi connectivity index (χ2v) is 13.5. The van der Waals surface area contributed by atoms with E-state index in [1.54, 1.807) is 18.2 Å². The SMILES string of the molecule is CN1C/C=C\CCCCN2C[C@@]3(CCCc4cc(Cl)ccc43)COc3ccc(cc32)[C@@](O)(C(=O)O)CS1(=O)=O. The zero-order valence-electron chi connectivity index (χ0n) is 22.1. The summed E-state index contributed by atoms with van der Waals surface area (Å²) in [6.07, 6.45) is 9.22. The van der Waals surface area contributed by atoms with Gasteiger partial charge in [0.05, 0.1) is 12.3 Å². The number of hydrogen-bond acceptors (Lipinski definition) is 6. The van der Waals surface area contributed by atoms with Crippen LogP contribution in [-0.4, -0.2) is 67.9 Å². The van der Waals surface area contributed by atoms with Gasteiger partial charge in [0.1, 0.15) is 11.5 Å². The van der Waals surface area contributed by atoms with E-state index in [9.17, 15) is 23.4 Å². The Morgan fingerprint density at radius 1 is 1.10 bits per heavy atom. The molecule has 8 nitrogen and oxygen atoms in total. The Balaban J connectivity index is 1.61. The number of aryl methyl sites for hydroxylation is 1. The highest BCUT2D eigenvalue weighted by Gasteiger charge is 2.46. The minimum atomic E-state index is -4.09. The molecule has 39 heavy (non-hydrogen) atoms. The number of ether oxygens (including phenoxy) is 1. The zero-order valence-corrected chi connectivity index (χ0v) is 23.7. The van der Waals surface area contributed by atoms with Gasteiger partial charge < -0.3 is 19.8 Å². The molecule has 10 heteroatoms. The molecular weight excluding hydrogens is 540 g/mol. The van der Waals surface area contributed by atoms with Crippen molar-refractivity contribution in [3.8, 4) is 5.75 Å². The van der Waals surface area contributed by atoms with Crippen LogP contribution in [0.3, 0.4) is 0 Å². The van der Waals surface area contributed by atoms with Crippen molar-refractivity contribution in [2.45, 2.75) is 49.5 Å². The maximum absolute atomic E-state index is 13.1. The van der Waals surface area contributed by atoms with Crippen molar-refractivity contribution >= 4 is 33.3 Å². The van der Waals surface area contributed by atoms with E-state index in [1.807, 2.05) is 18.2 Å². The van der Waals surface area contributed by atoms with E-state index >= 15 is 0 Å². The summed E-state index contributed by atoms with van der Waals surface area (Å²) < 4.78 is 33.6. The number of anilines is 1. The van der Waals surface area contributed by atoms with E-state index in [4.69, 9.17) is 16.3 Å². The van der Waals surface area contributed by atoms with Crippen molar-refractivity contribution in [1.82, 2.24) is 4.31 Å². The third-order valence-corrected chi connectivity index (χ3v) is 10.4. The van der Waals surface area contributed by atoms with E-state index < -0.39 is 27.3 Å². The van der Waals surface area contributed by atoms with E-state index in [0.29, 0.717) is 36.2 Å². The molecular formula is C29H35ClN2O6S. The fraction of sp³-hybridized carbons (Fsp3) is 0.483. The van der Waals surface area contributed by atoms with E-state index in [-0.39, 0.29) is 17.5 Å². The second-order valence-electron chi connectivity index (χ2n) is 11.0. The van der Waals surface area contributed by atoms with Crippen molar-refractivity contribution in [2.75, 3.05) is 43.9 Å². The first kappa shape index (κ1) is 28.0. The molecule has 5 rings (SSSR count). The van der Waals surface area contributed by atoms with Gasteiger partial charge in [-0.1, -0.05) is 35.9 Å². The fourth-order valence-corrected chi connectivity index (χ4v) is 7.62. The summed E-state index contributed by atoms with van der Waals surface area (Å²) in [6, 6.07) is 10.8. The highest BCUT2D eigenvalue weighted by atomic mass is 35.5. The average Bonchev–Trinajstić information content (AvgIpc) is 3.04. The van der Waals surface area contributed by atoms with Crippen LogP contribution in [0, 0.1) is 0 Å². The molecule has 0 fully saturated rings. The molecule has 2 bridgehead atoms. The molecule has 2 aliphatic heterocycles. The zero-order chi connectivity index (χ0) is 27.8. The molecule has 0 unspecified atom stereocenters. The number of sulfonamides is 1. The van der Waals surface area contributed by atoms with Crippen LogP contribution >= 0.6 is 11.6 Å². The van der Waals surface area contributed by atoms with Crippen LogP contribution in [0.25, 0.3) is 0 Å². The molecule has 2 heterocycles. The third-order valence-electron chi connectivity index (χ3n) is 8.31. The Morgan fingerprint density at radius 2 is 1.92 bits per heavy atom. The van der Waals surface area contributed by atoms with Gasteiger partial charge in [-0.15, -0.1) is 0 Å². The monoisotopic (exact) mass is 574 g/mol. The number of allylic oxidation sites excluding steroid dienone is 1. The molecule has 0 radical (unpaired) electrons. The number of nitrogens with zero attached hydrogens (tertiary/aromatic N) is 2. The summed E-state index contributed by atoms with van der Waals surface area (Å²) >= 11 is 6.33. The van der Waals surface area contributed by atoms with Gasteiger partial charge in [0.2, 0.25) is 15.6 Å². The normalized spacial score (nSPS) is 28.3. The number of aliphatic hydroxyl groups is 1. The maximum atomic E-state index is 13.1. The van der Waals surface area contributed by atoms with Crippen molar-refractivity contribution in [3.63, 3.8) is 0 Å². The Kier molecular flexibility index (Phi) is 7.72. The lowest BCUT2D eigenvalue weighted by atomic mass is 9.70. The van der Waals surface area contributed by atoms with Gasteiger partial charge in [0.15, 0.2) is 0 Å². The minimum Gasteiger partial charge on any atom is -0.490 e. The summed E-state index contributed by atoms with van der Waals surface area (Å²) in [6.45, 7) is 1.92. The van der Waals surface area contributed by atoms with Gasteiger partial charge in [-0.05, 0) is 79.5 Å². The summed E-state index contributed by atoms with van der Waals surface area (Å²) in [7, 11) is -2.70. The van der Waals surface area contributed by atoms with Crippen LogP contribution in [0.2, 0.25) is 5.02 Å². The molecule has 1 spiro atoms. The highest BCUT2D eigenvalue weighted by Crippen LogP contribution is 2.45. The summed E-state index contributed by atoms with van der Waals surface area (Å²) in [4.78, 5) is 14.6. The number of carboxylic acids is 1. The van der Waals surface area contributed by atoms with Crippen LogP contribution in [0.5, 0.6) is 5.75 Å². The number of fused-ring (bicyclic) bond motifs is 3. The predicted molar refractivity (Wildman–Crippen MR) is 151 cm³/mol. The quantitative estimate of drug-likeness (QED) is 0.494. The molecule has 0 amide bonds. The molecule has 2 atom stereocenters. The van der Waals surface area contributed by atoms with Gasteiger partial charge in [-0.2, -0.15) is 0 Å². The Bertz CT molecular complexity index is 1400. The number of rotatable bonds is 1. The van der Waals surface area contributed by atoms with Crippen LogP contribution < -0.4 is 9.64 Å². The van der Waals surface area contributed by atoms with Crippen molar-refractivity contribution < 1.29 is 28.2 Å². The topological polar surface area (TPSA) is 107 Å². The first-order chi connectivity index (χ1) is 18.5. The number of hydrogen-bond donors (Lipinski definition) is 2. The number of likely N-dealkylation sites (N-methyl/N-ethyl adjacent to an activating group) is 1. The molecule has 3 aliphatic rings. The number of carboxylic acid groups (broad SMARTS) is 1. The molecule has 2 aromatic carbocycles. The summed E-state index contributed by atoms with van der Waals surface area (Å²) in [5, 5.41) is 22.2. The van der Waals surface area contributed by atoms with Gasteiger partial charge in [-0.3, -0.25) is 0 Å². The van der Waals surface area contributed by atoms with Crippen LogP contribution in [-0.2, 0) is 32.3 Å². The van der Waals surface area contributed by atoms with Crippen molar-refractivity contribution in [1.29, 1.82) is 0 Å². The van der Waals surface area contributed by atoms with Crippen molar-refractivity contribution in [3.05, 3.63) is 70.3 Å². The molecule has 0 saturated heterocycles. The average molecular weight is 575 g/mol. The third kappa shape index (κ3) is 5.42.